The van der Waals surface area contributed by atoms with Gasteiger partial charge in [-0.15, -0.1) is 0 Å². The predicted octanol–water partition coefficient (Wildman–Crippen LogP) is 1.59. The van der Waals surface area contributed by atoms with E-state index in [1.165, 1.54) is 63.4 Å². The summed E-state index contributed by atoms with van der Waals surface area (Å²) in [6.07, 6.45) is -33.5. The molecular weight excluding hydrogens is 1410 g/mol. The third kappa shape index (κ3) is 14.7. The molecule has 6 N–H and O–H groups in total. The molecule has 11 aliphatic rings. The van der Waals surface area contributed by atoms with Crippen molar-refractivity contribution in [3.05, 3.63) is 31.9 Å². The molecule has 35 atom stereocenters. The highest BCUT2D eigenvalue weighted by Gasteiger charge is 2.71. The predicted molar refractivity (Wildman–Crippen MR) is 338 cm³/mol. The number of hydrogen-bond donors (Lipinski definition) is 6. The number of carbonyl (C=O) groups excluding carboxylic acids is 1. The molecule has 0 radical (unpaired) electrons. The van der Waals surface area contributed by atoms with Gasteiger partial charge in [-0.1, -0.05) is 23.2 Å². The first-order valence-corrected chi connectivity index (χ1v) is 35.0. The van der Waals surface area contributed by atoms with Crippen LogP contribution in [0.1, 0.15) is 95.6 Å². The monoisotopic (exact) mass is 1510 g/mol. The van der Waals surface area contributed by atoms with Crippen LogP contribution in [0.4, 0.5) is 0 Å². The van der Waals surface area contributed by atoms with Crippen LogP contribution < -0.4 is 0 Å². The molecule has 0 saturated carbocycles. The highest BCUT2D eigenvalue weighted by atomic mass is 35.5. The summed E-state index contributed by atoms with van der Waals surface area (Å²) < 4.78 is 162. The Balaban J connectivity index is 0.678. The average molecular weight is 1510 g/mol. The summed E-state index contributed by atoms with van der Waals surface area (Å²) in [5, 5.41) is 81.4. The SMILES string of the molecule is COC[C@H]1O[C@@H](O[C@@H]2OC[C@@H]3O[C@@]4(OC[C@](O)([C@H](C)OC)[C@H]5OCO[C@H]54)O[C@H]3[C@H]2OC)[C@@H](OC)[C@@H](O)[C@@H]1O[C@@H]1O[C@H](C)[C@H](OC)[C@H](O[C@H]2C[C@H]3O[C@@]4(C[C@H](O)[C@H](O[C@H]5C[C@@H](O[C@H]6C[C@](C)(N([O-])O)[C@@H](OC)[C@H](C)O6)[C@H](OC(=O)c6c(C)c(Cl)c(O)c(Cl)c6C)[C@@H](C)O5)[C@@H](C)O4)O[C@@H]3[C@@H](C)O2)[C@H]1O. The lowest BCUT2D eigenvalue weighted by atomic mass is 9.85. The van der Waals surface area contributed by atoms with Crippen LogP contribution in [0.25, 0.3) is 0 Å². The zero-order chi connectivity index (χ0) is 73.6. The largest absolute Gasteiger partial charge is 0.762 e. The first kappa shape index (κ1) is 79.3. The van der Waals surface area contributed by atoms with Gasteiger partial charge in [0.2, 0.25) is 0 Å². The molecule has 1 aromatic rings. The van der Waals surface area contributed by atoms with Gasteiger partial charge in [0.25, 0.3) is 5.97 Å². The average Bonchev–Trinajstić information content (AvgIpc) is 1.54. The van der Waals surface area contributed by atoms with Crippen LogP contribution in [0.3, 0.4) is 0 Å². The lowest BCUT2D eigenvalue weighted by Crippen LogP contribution is -2.69. The molecule has 0 unspecified atom stereocenters. The molecule has 11 saturated heterocycles. The van der Waals surface area contributed by atoms with Gasteiger partial charge >= 0.3 is 11.9 Å². The molecular formula is C65H98Cl2NO34-. The highest BCUT2D eigenvalue weighted by Crippen LogP contribution is 2.51. The fourth-order valence-corrected chi connectivity index (χ4v) is 16.7. The molecule has 0 amide bonds. The molecule has 102 heavy (non-hydrogen) atoms. The Bertz CT molecular complexity index is 2980. The quantitative estimate of drug-likeness (QED) is 0.0752. The second-order valence-electron chi connectivity index (χ2n) is 28.2. The molecule has 12 rings (SSSR count). The standard InChI is InChI=1S/C65H98Cl2NO34/c1-24-40(25(2)42(67)43(70)41(24)66)58(73)95-47-26(3)87-37(16-33(47)91-39-19-62(9,68(75)76)55(82-15)30(7)89-39)93-46-29(6)98-64(18-32(46)69)99-34-17-38(88-27(4)48(34)101-64)94-52-45(72)59(90-28(5)49(52)79-12)96-50-35(20-77-10)92-61(53(80-13)44(50)71)97-60-54(81-14)51-36(21-83-60)100-65(102-51)57-56(84-23-85-57)63(74,22-86-65)31(8)78-11/h26-39,44-57,59-61,69-72,74-75H,16-23H2,1-15H3/q-1/t26-,27-,28-,29-,30+,31+,32+,33-,34-,35-,36+,37+,38+,39+,44+,45-,46-,47-,48-,49+,50-,51-,52-,53+,54-,55+,56+,57-,59+,60+,61+,62+,63+,64+,65-/m1/s1. The number of fused-ring (bicyclic) bond motifs is 4. The lowest BCUT2D eigenvalue weighted by molar-refractivity contribution is -0.422. The second-order valence-corrected chi connectivity index (χ2v) is 28.9. The van der Waals surface area contributed by atoms with E-state index in [4.69, 9.17) is 146 Å². The number of halogens is 2. The van der Waals surface area contributed by atoms with Crippen molar-refractivity contribution in [2.75, 3.05) is 69.3 Å². The molecule has 35 nitrogen and oxygen atoms in total. The van der Waals surface area contributed by atoms with E-state index in [0.29, 0.717) is 0 Å². The van der Waals surface area contributed by atoms with Crippen molar-refractivity contribution < 1.29 is 159 Å². The van der Waals surface area contributed by atoms with Crippen LogP contribution in [-0.4, -0.2) is 325 Å². The zero-order valence-corrected chi connectivity index (χ0v) is 60.9. The molecule has 37 heteroatoms. The number of hydrogen-bond acceptors (Lipinski definition) is 35. The van der Waals surface area contributed by atoms with Crippen molar-refractivity contribution in [3.8, 4) is 5.75 Å². The molecule has 11 heterocycles. The fraction of sp³-hybridized carbons (Fsp3) is 0.892. The number of ether oxygens (including phenoxy) is 26. The third-order valence-electron chi connectivity index (χ3n) is 21.7. The van der Waals surface area contributed by atoms with E-state index in [1.807, 2.05) is 0 Å². The van der Waals surface area contributed by atoms with Crippen LogP contribution >= 0.6 is 23.2 Å². The van der Waals surface area contributed by atoms with E-state index < -0.39 is 225 Å². The van der Waals surface area contributed by atoms with Crippen LogP contribution in [0.15, 0.2) is 0 Å². The Morgan fingerprint density at radius 1 is 0.637 bits per heavy atom. The molecule has 0 aliphatic carbocycles. The van der Waals surface area contributed by atoms with E-state index in [2.05, 4.69) is 0 Å². The topological polar surface area (TPSA) is 405 Å². The van der Waals surface area contributed by atoms with Gasteiger partial charge in [-0.25, -0.2) is 4.79 Å². The van der Waals surface area contributed by atoms with E-state index in [1.54, 1.807) is 41.5 Å². The summed E-state index contributed by atoms with van der Waals surface area (Å²) in [5.41, 5.74) is -2.73. The van der Waals surface area contributed by atoms with Crippen LogP contribution in [0, 0.1) is 19.1 Å². The van der Waals surface area contributed by atoms with Gasteiger partial charge in [0.05, 0.1) is 96.2 Å². The number of aliphatic hydroxyl groups excluding tert-OH is 3. The highest BCUT2D eigenvalue weighted by molar-refractivity contribution is 6.38. The molecule has 11 aliphatic heterocycles. The first-order valence-electron chi connectivity index (χ1n) is 34.3. The van der Waals surface area contributed by atoms with Crippen molar-refractivity contribution in [2.24, 2.45) is 0 Å². The van der Waals surface area contributed by atoms with E-state index in [9.17, 15) is 40.7 Å². The number of esters is 1. The number of rotatable bonds is 21. The Labute approximate surface area is 599 Å². The van der Waals surface area contributed by atoms with Crippen molar-refractivity contribution in [1.29, 1.82) is 0 Å². The lowest BCUT2D eigenvalue weighted by Gasteiger charge is -2.53. The summed E-state index contributed by atoms with van der Waals surface area (Å²) >= 11 is 12.8. The molecule has 11 fully saturated rings. The molecule has 2 spiro atoms. The maximum absolute atomic E-state index is 14.2. The van der Waals surface area contributed by atoms with Crippen LogP contribution in [0.2, 0.25) is 10.0 Å². The van der Waals surface area contributed by atoms with Gasteiger partial charge in [0, 0.05) is 61.9 Å². The minimum absolute atomic E-state index is 0.00121. The molecule has 0 aromatic heterocycles. The van der Waals surface area contributed by atoms with E-state index in [0.717, 1.165) is 0 Å². The number of methoxy groups -OCH3 is 6. The number of phenols is 1. The number of nitrogens with zero attached hydrogens (tertiary/aromatic N) is 1. The Morgan fingerprint density at radius 2 is 1.29 bits per heavy atom. The number of carbonyl (C=O) groups is 1. The number of benzene rings is 1. The Kier molecular flexibility index (Phi) is 24.6. The van der Waals surface area contributed by atoms with Gasteiger partial charge in [-0.2, -0.15) is 0 Å². The number of phenolic OH excluding ortho intramolecular Hbond substituents is 1. The summed E-state index contributed by atoms with van der Waals surface area (Å²) in [7, 11) is 8.48. The number of aromatic hydroxyl groups is 1. The van der Waals surface area contributed by atoms with Crippen LogP contribution in [-0.2, 0) is 123 Å². The van der Waals surface area contributed by atoms with Gasteiger partial charge in [0.1, 0.15) is 104 Å². The van der Waals surface area contributed by atoms with Crippen molar-refractivity contribution in [3.63, 3.8) is 0 Å². The normalized spacial score (nSPS) is 48.5. The fourth-order valence-electron chi connectivity index (χ4n) is 16.2. The summed E-state index contributed by atoms with van der Waals surface area (Å²) in [4.78, 5) is 14.2. The van der Waals surface area contributed by atoms with Gasteiger partial charge in [0.15, 0.2) is 55.7 Å². The van der Waals surface area contributed by atoms with Gasteiger partial charge in [-0.3, -0.25) is 5.23 Å². The zero-order valence-electron chi connectivity index (χ0n) is 59.4. The third-order valence-corrected chi connectivity index (χ3v) is 22.6. The Hall–Kier alpha value is -2.21. The number of hydroxylamine groups is 2. The second kappa shape index (κ2) is 31.6. The first-order chi connectivity index (χ1) is 48.4. The minimum atomic E-state index is -1.82. The maximum atomic E-state index is 14.2. The van der Waals surface area contributed by atoms with Crippen molar-refractivity contribution >= 4 is 29.2 Å². The summed E-state index contributed by atoms with van der Waals surface area (Å²) in [5.74, 6) is -4.90. The number of aliphatic hydroxyl groups is 4. The smallest absolute Gasteiger partial charge is 0.339 e. The summed E-state index contributed by atoms with van der Waals surface area (Å²) in [6.45, 7) is 13.9. The summed E-state index contributed by atoms with van der Waals surface area (Å²) in [6, 6.07) is 0. The van der Waals surface area contributed by atoms with Gasteiger partial charge in [-0.05, 0) is 73.4 Å². The van der Waals surface area contributed by atoms with Gasteiger partial charge < -0.3 is 159 Å². The maximum Gasteiger partial charge on any atom is 0.339 e. The van der Waals surface area contributed by atoms with E-state index >= 15 is 0 Å². The van der Waals surface area contributed by atoms with Crippen LogP contribution in [0.5, 0.6) is 5.75 Å². The molecule has 0 bridgehead atoms. The van der Waals surface area contributed by atoms with Crippen molar-refractivity contribution in [2.45, 2.75) is 301 Å². The molecule has 582 valence electrons. The van der Waals surface area contributed by atoms with E-state index in [-0.39, 0.29) is 84.3 Å². The van der Waals surface area contributed by atoms with Crippen molar-refractivity contribution in [1.82, 2.24) is 5.23 Å². The minimum Gasteiger partial charge on any atom is -0.762 e. The molecule has 1 aromatic carbocycles. The Morgan fingerprint density at radius 3 is 1.95 bits per heavy atom.